The lowest BCUT2D eigenvalue weighted by atomic mass is 10.0. The van der Waals surface area contributed by atoms with Gasteiger partial charge in [-0.2, -0.15) is 0 Å². The van der Waals surface area contributed by atoms with Gasteiger partial charge in [-0.15, -0.1) is 11.6 Å². The average Bonchev–Trinajstić information content (AvgIpc) is 2.17. The van der Waals surface area contributed by atoms with E-state index in [1.807, 2.05) is 0 Å². The van der Waals surface area contributed by atoms with Crippen molar-refractivity contribution in [1.29, 1.82) is 0 Å². The molecule has 0 spiro atoms. The Balaban J connectivity index is 2.40. The molecule has 0 amide bonds. The van der Waals surface area contributed by atoms with Crippen molar-refractivity contribution in [2.45, 2.75) is 12.0 Å². The number of nitrogens with two attached hydrogens (primary N) is 1. The van der Waals surface area contributed by atoms with Crippen LogP contribution in [-0.2, 0) is 0 Å². The minimum Gasteiger partial charge on any atom is -0.323 e. The van der Waals surface area contributed by atoms with Gasteiger partial charge in [-0.25, -0.2) is 0 Å². The Morgan fingerprint density at radius 1 is 1.75 bits per heavy atom. The van der Waals surface area contributed by atoms with E-state index < -0.39 is 0 Å². The van der Waals surface area contributed by atoms with Crippen molar-refractivity contribution >= 4 is 11.6 Å². The maximum absolute atomic E-state index is 5.76. The number of hydrogen-bond acceptors (Lipinski definition) is 2. The monoisotopic (exact) mass is 134 g/mol. The summed E-state index contributed by atoms with van der Waals surface area (Å²) in [7, 11) is 0. The number of alkyl halides is 1. The Labute approximate surface area is 54.4 Å². The molecule has 48 valence electrons. The molecule has 1 aliphatic rings. The molecule has 0 aromatic heterocycles. The van der Waals surface area contributed by atoms with Crippen LogP contribution >= 0.6 is 11.6 Å². The third kappa shape index (κ3) is 1.13. The highest BCUT2D eigenvalue weighted by Crippen LogP contribution is 2.11. The van der Waals surface area contributed by atoms with Crippen LogP contribution in [0, 0.1) is 0 Å². The molecule has 0 aromatic carbocycles. The van der Waals surface area contributed by atoms with Crippen molar-refractivity contribution in [2.75, 3.05) is 19.0 Å². The lowest BCUT2D eigenvalue weighted by Gasteiger charge is -2.17. The van der Waals surface area contributed by atoms with E-state index in [1.165, 1.54) is 0 Å². The molecule has 3 N–H and O–H groups in total. The van der Waals surface area contributed by atoms with Crippen LogP contribution in [0.1, 0.15) is 6.42 Å². The van der Waals surface area contributed by atoms with Crippen LogP contribution in [0.5, 0.6) is 0 Å². The summed E-state index contributed by atoms with van der Waals surface area (Å²) in [4.78, 5) is 0. The summed E-state index contributed by atoms with van der Waals surface area (Å²) in [5, 5.41) is 3.15. The molecule has 0 aliphatic carbocycles. The average molecular weight is 135 g/mol. The van der Waals surface area contributed by atoms with E-state index in [1.54, 1.807) is 0 Å². The van der Waals surface area contributed by atoms with Gasteiger partial charge in [0.25, 0.3) is 0 Å². The molecule has 2 nitrogen and oxygen atoms in total. The van der Waals surface area contributed by atoms with Crippen molar-refractivity contribution in [1.82, 2.24) is 5.32 Å². The molecular formula is C5H11ClN2. The SMILES string of the molecule is NC1(CCl)CCNC1. The van der Waals surface area contributed by atoms with E-state index in [0.717, 1.165) is 19.5 Å². The molecule has 1 atom stereocenters. The van der Waals surface area contributed by atoms with E-state index in [2.05, 4.69) is 5.32 Å². The van der Waals surface area contributed by atoms with Crippen LogP contribution in [0.2, 0.25) is 0 Å². The number of rotatable bonds is 1. The summed E-state index contributed by atoms with van der Waals surface area (Å²) >= 11 is 5.58. The van der Waals surface area contributed by atoms with Gasteiger partial charge in [0.15, 0.2) is 0 Å². The highest BCUT2D eigenvalue weighted by molar-refractivity contribution is 6.18. The first-order chi connectivity index (χ1) is 3.77. The van der Waals surface area contributed by atoms with Crippen molar-refractivity contribution in [3.8, 4) is 0 Å². The van der Waals surface area contributed by atoms with Crippen LogP contribution in [0.15, 0.2) is 0 Å². The summed E-state index contributed by atoms with van der Waals surface area (Å²) in [6.07, 6.45) is 1.01. The second kappa shape index (κ2) is 2.21. The van der Waals surface area contributed by atoms with Gasteiger partial charge in [0.2, 0.25) is 0 Å². The third-order valence-corrected chi connectivity index (χ3v) is 2.08. The van der Waals surface area contributed by atoms with Gasteiger partial charge < -0.3 is 11.1 Å². The van der Waals surface area contributed by atoms with Gasteiger partial charge in [0.05, 0.1) is 0 Å². The van der Waals surface area contributed by atoms with Crippen molar-refractivity contribution < 1.29 is 0 Å². The summed E-state index contributed by atoms with van der Waals surface area (Å²) in [5.41, 5.74) is 5.65. The molecule has 0 bridgehead atoms. The minimum atomic E-state index is -0.110. The van der Waals surface area contributed by atoms with Gasteiger partial charge in [0.1, 0.15) is 0 Å². The molecular weight excluding hydrogens is 124 g/mol. The summed E-state index contributed by atoms with van der Waals surface area (Å²) < 4.78 is 0. The molecule has 1 fully saturated rings. The maximum atomic E-state index is 5.76. The first-order valence-electron chi connectivity index (χ1n) is 2.82. The van der Waals surface area contributed by atoms with Crippen LogP contribution in [0.3, 0.4) is 0 Å². The molecule has 1 heterocycles. The number of hydrogen-bond donors (Lipinski definition) is 2. The Bertz CT molecular complexity index is 78.5. The van der Waals surface area contributed by atoms with Crippen LogP contribution in [0.25, 0.3) is 0 Å². The van der Waals surface area contributed by atoms with Crippen molar-refractivity contribution in [3.63, 3.8) is 0 Å². The fraction of sp³-hybridized carbons (Fsp3) is 1.00. The molecule has 0 aromatic rings. The zero-order valence-corrected chi connectivity index (χ0v) is 5.54. The maximum Gasteiger partial charge on any atom is 0.0430 e. The summed E-state index contributed by atoms with van der Waals surface area (Å²) in [6.45, 7) is 1.89. The second-order valence-electron chi connectivity index (χ2n) is 2.42. The molecule has 0 saturated carbocycles. The Hall–Kier alpha value is 0.210. The van der Waals surface area contributed by atoms with Gasteiger partial charge in [0, 0.05) is 18.0 Å². The van der Waals surface area contributed by atoms with E-state index >= 15 is 0 Å². The summed E-state index contributed by atoms with van der Waals surface area (Å²) in [6, 6.07) is 0. The van der Waals surface area contributed by atoms with Crippen LogP contribution < -0.4 is 11.1 Å². The third-order valence-electron chi connectivity index (χ3n) is 1.54. The molecule has 1 unspecified atom stereocenters. The summed E-state index contributed by atoms with van der Waals surface area (Å²) in [5.74, 6) is 0.569. The largest absolute Gasteiger partial charge is 0.323 e. The predicted octanol–water partition coefficient (Wildman–Crippen LogP) is -0.0840. The van der Waals surface area contributed by atoms with Crippen molar-refractivity contribution in [2.24, 2.45) is 5.73 Å². The molecule has 1 saturated heterocycles. The standard InChI is InChI=1S/C5H11ClN2/c6-3-5(7)1-2-8-4-5/h8H,1-4,7H2. The number of halogens is 1. The normalized spacial score (nSPS) is 38.2. The minimum absolute atomic E-state index is 0.110. The smallest absolute Gasteiger partial charge is 0.0430 e. The first kappa shape index (κ1) is 6.33. The van der Waals surface area contributed by atoms with Gasteiger partial charge in [-0.3, -0.25) is 0 Å². The van der Waals surface area contributed by atoms with Gasteiger partial charge in [-0.1, -0.05) is 0 Å². The lowest BCUT2D eigenvalue weighted by molar-refractivity contribution is 0.526. The topological polar surface area (TPSA) is 38.0 Å². The first-order valence-corrected chi connectivity index (χ1v) is 3.36. The zero-order valence-electron chi connectivity index (χ0n) is 4.78. The highest BCUT2D eigenvalue weighted by atomic mass is 35.5. The molecule has 3 heteroatoms. The number of nitrogens with one attached hydrogen (secondary N) is 1. The van der Waals surface area contributed by atoms with Crippen LogP contribution in [-0.4, -0.2) is 24.5 Å². The van der Waals surface area contributed by atoms with E-state index in [4.69, 9.17) is 17.3 Å². The predicted molar refractivity (Wildman–Crippen MR) is 35.1 cm³/mol. The quantitative estimate of drug-likeness (QED) is 0.493. The molecule has 8 heavy (non-hydrogen) atoms. The van der Waals surface area contributed by atoms with E-state index in [0.29, 0.717) is 5.88 Å². The molecule has 1 aliphatic heterocycles. The van der Waals surface area contributed by atoms with Gasteiger partial charge >= 0.3 is 0 Å². The van der Waals surface area contributed by atoms with E-state index in [-0.39, 0.29) is 5.54 Å². The van der Waals surface area contributed by atoms with E-state index in [9.17, 15) is 0 Å². The molecule has 1 rings (SSSR count). The Morgan fingerprint density at radius 3 is 2.75 bits per heavy atom. The fourth-order valence-corrected chi connectivity index (χ4v) is 1.11. The van der Waals surface area contributed by atoms with Crippen molar-refractivity contribution in [3.05, 3.63) is 0 Å². The van der Waals surface area contributed by atoms with Gasteiger partial charge in [-0.05, 0) is 13.0 Å². The zero-order chi connectivity index (χ0) is 6.04. The Morgan fingerprint density at radius 2 is 2.50 bits per heavy atom. The second-order valence-corrected chi connectivity index (χ2v) is 2.69. The van der Waals surface area contributed by atoms with Crippen LogP contribution in [0.4, 0.5) is 0 Å². The highest BCUT2D eigenvalue weighted by Gasteiger charge is 2.27. The lowest BCUT2D eigenvalue weighted by Crippen LogP contribution is -2.43. The fourth-order valence-electron chi connectivity index (χ4n) is 0.877. The Kier molecular flexibility index (Phi) is 1.75. The molecule has 0 radical (unpaired) electrons.